The number of nitrogens with one attached hydrogen (secondary N) is 1. The molecule has 1 fully saturated rings. The number of amides is 1. The van der Waals surface area contributed by atoms with E-state index in [1.54, 1.807) is 18.5 Å². The Bertz CT molecular complexity index is 435. The van der Waals surface area contributed by atoms with E-state index in [0.717, 1.165) is 13.0 Å². The van der Waals surface area contributed by atoms with Crippen LogP contribution in [0.25, 0.3) is 0 Å². The number of hydrogen-bond donors (Lipinski definition) is 2. The molecule has 18 heavy (non-hydrogen) atoms. The molecule has 2 rings (SSSR count). The molecule has 2 unspecified atom stereocenters. The predicted octanol–water partition coefficient (Wildman–Crippen LogP) is 1.63. The van der Waals surface area contributed by atoms with Gasteiger partial charge >= 0.3 is 0 Å². The van der Waals surface area contributed by atoms with Crippen molar-refractivity contribution in [2.75, 3.05) is 12.0 Å². The Morgan fingerprint density at radius 1 is 1.56 bits per heavy atom. The fourth-order valence-electron chi connectivity index (χ4n) is 2.47. The fraction of sp³-hybridized carbons (Fsp3) is 0.538. The van der Waals surface area contributed by atoms with Crippen molar-refractivity contribution < 1.29 is 4.79 Å². The summed E-state index contributed by atoms with van der Waals surface area (Å²) >= 11 is 0. The van der Waals surface area contributed by atoms with Crippen LogP contribution >= 0.6 is 0 Å². The molecule has 1 aliphatic rings. The second kappa shape index (κ2) is 5.35. The highest BCUT2D eigenvalue weighted by molar-refractivity contribution is 5.99. The van der Waals surface area contributed by atoms with Crippen LogP contribution in [0.15, 0.2) is 18.5 Å². The van der Waals surface area contributed by atoms with Gasteiger partial charge < -0.3 is 10.3 Å². The Labute approximate surface area is 107 Å². The molecule has 0 bridgehead atoms. The lowest BCUT2D eigenvalue weighted by Gasteiger charge is -2.38. The molecule has 1 amide bonds. The van der Waals surface area contributed by atoms with Crippen molar-refractivity contribution in [1.29, 1.82) is 0 Å². The zero-order chi connectivity index (χ0) is 13.1. The number of nitrogens with two attached hydrogens (primary N) is 1. The fourth-order valence-corrected chi connectivity index (χ4v) is 2.47. The van der Waals surface area contributed by atoms with Gasteiger partial charge in [-0.25, -0.2) is 0 Å². The highest BCUT2D eigenvalue weighted by Gasteiger charge is 2.29. The topological polar surface area (TPSA) is 71.2 Å². The minimum atomic E-state index is 0.00935. The molecule has 2 heterocycles. The third-order valence-corrected chi connectivity index (χ3v) is 3.84. The van der Waals surface area contributed by atoms with Gasteiger partial charge in [0, 0.05) is 25.0 Å². The lowest BCUT2D eigenvalue weighted by molar-refractivity contribution is 0.0551. The molecule has 5 nitrogen and oxygen atoms in total. The van der Waals surface area contributed by atoms with Gasteiger partial charge in [0.1, 0.15) is 0 Å². The molecule has 0 spiro atoms. The molecule has 98 valence electrons. The first-order valence-electron chi connectivity index (χ1n) is 6.36. The summed E-state index contributed by atoms with van der Waals surface area (Å²) in [6.45, 7) is 5.10. The molecule has 2 atom stereocenters. The summed E-state index contributed by atoms with van der Waals surface area (Å²) in [5, 5.41) is 0. The molecule has 1 aromatic heterocycles. The average Bonchev–Trinajstić information content (AvgIpc) is 2.41. The molecular formula is C13H20N4O. The van der Waals surface area contributed by atoms with Crippen molar-refractivity contribution in [2.45, 2.75) is 32.7 Å². The highest BCUT2D eigenvalue weighted by atomic mass is 16.2. The summed E-state index contributed by atoms with van der Waals surface area (Å²) in [6.07, 6.45) is 5.43. The Morgan fingerprint density at radius 3 is 3.06 bits per heavy atom. The van der Waals surface area contributed by atoms with E-state index in [2.05, 4.69) is 24.3 Å². The van der Waals surface area contributed by atoms with Crippen molar-refractivity contribution in [3.05, 3.63) is 24.0 Å². The van der Waals surface area contributed by atoms with E-state index in [4.69, 9.17) is 5.84 Å². The quantitative estimate of drug-likeness (QED) is 0.616. The van der Waals surface area contributed by atoms with Crippen LogP contribution in [0, 0.1) is 5.92 Å². The number of nitrogens with zero attached hydrogens (tertiary/aromatic N) is 2. The first-order valence-corrected chi connectivity index (χ1v) is 6.36. The van der Waals surface area contributed by atoms with Gasteiger partial charge in [0.25, 0.3) is 5.91 Å². The van der Waals surface area contributed by atoms with E-state index in [1.165, 1.54) is 6.42 Å². The maximum Gasteiger partial charge on any atom is 0.257 e. The van der Waals surface area contributed by atoms with Crippen LogP contribution in [-0.4, -0.2) is 28.4 Å². The SMILES string of the molecule is CC1CCCN(C(=O)c2cnccc2NN)C1C. The molecular weight excluding hydrogens is 228 g/mol. The van der Waals surface area contributed by atoms with Crippen molar-refractivity contribution in [3.8, 4) is 0 Å². The van der Waals surface area contributed by atoms with Crippen LogP contribution in [0.5, 0.6) is 0 Å². The van der Waals surface area contributed by atoms with Gasteiger partial charge in [-0.05, 0) is 31.7 Å². The van der Waals surface area contributed by atoms with Gasteiger partial charge in [0.2, 0.25) is 0 Å². The number of pyridine rings is 1. The van der Waals surface area contributed by atoms with Crippen LogP contribution < -0.4 is 11.3 Å². The largest absolute Gasteiger partial charge is 0.336 e. The number of piperidine rings is 1. The second-order valence-electron chi connectivity index (χ2n) is 4.92. The molecule has 1 aliphatic heterocycles. The summed E-state index contributed by atoms with van der Waals surface area (Å²) in [4.78, 5) is 18.5. The van der Waals surface area contributed by atoms with E-state index < -0.39 is 0 Å². The van der Waals surface area contributed by atoms with E-state index in [9.17, 15) is 4.79 Å². The zero-order valence-corrected chi connectivity index (χ0v) is 10.9. The minimum absolute atomic E-state index is 0.00935. The van der Waals surface area contributed by atoms with Gasteiger partial charge in [-0.3, -0.25) is 15.6 Å². The van der Waals surface area contributed by atoms with E-state index in [-0.39, 0.29) is 11.9 Å². The van der Waals surface area contributed by atoms with Crippen LogP contribution in [0.4, 0.5) is 5.69 Å². The molecule has 0 radical (unpaired) electrons. The maximum absolute atomic E-state index is 12.5. The number of hydrogen-bond acceptors (Lipinski definition) is 4. The normalized spacial score (nSPS) is 23.8. The van der Waals surface area contributed by atoms with Gasteiger partial charge in [0.05, 0.1) is 11.3 Å². The van der Waals surface area contributed by atoms with E-state index in [0.29, 0.717) is 17.2 Å². The summed E-state index contributed by atoms with van der Waals surface area (Å²) in [5.41, 5.74) is 3.72. The van der Waals surface area contributed by atoms with Crippen LogP contribution in [0.2, 0.25) is 0 Å². The van der Waals surface area contributed by atoms with Gasteiger partial charge in [-0.15, -0.1) is 0 Å². The first-order chi connectivity index (χ1) is 8.65. The Balaban J connectivity index is 2.25. The molecule has 0 aliphatic carbocycles. The monoisotopic (exact) mass is 248 g/mol. The number of carbonyl (C=O) groups is 1. The lowest BCUT2D eigenvalue weighted by Crippen LogP contribution is -2.46. The third kappa shape index (κ3) is 2.31. The minimum Gasteiger partial charge on any atom is -0.336 e. The molecule has 5 heteroatoms. The highest BCUT2D eigenvalue weighted by Crippen LogP contribution is 2.25. The van der Waals surface area contributed by atoms with Gasteiger partial charge in [-0.1, -0.05) is 6.92 Å². The van der Waals surface area contributed by atoms with Crippen LogP contribution in [0.3, 0.4) is 0 Å². The number of carbonyl (C=O) groups excluding carboxylic acids is 1. The number of nitrogen functional groups attached to an aromatic ring is 1. The van der Waals surface area contributed by atoms with Gasteiger partial charge in [-0.2, -0.15) is 0 Å². The summed E-state index contributed by atoms with van der Waals surface area (Å²) < 4.78 is 0. The van der Waals surface area contributed by atoms with Crippen molar-refractivity contribution >= 4 is 11.6 Å². The number of likely N-dealkylation sites (tertiary alicyclic amines) is 1. The first kappa shape index (κ1) is 12.8. The Morgan fingerprint density at radius 2 is 2.33 bits per heavy atom. The van der Waals surface area contributed by atoms with E-state index in [1.807, 2.05) is 4.90 Å². The summed E-state index contributed by atoms with van der Waals surface area (Å²) in [7, 11) is 0. The van der Waals surface area contributed by atoms with E-state index >= 15 is 0 Å². The predicted molar refractivity (Wildman–Crippen MR) is 70.9 cm³/mol. The zero-order valence-electron chi connectivity index (χ0n) is 10.9. The van der Waals surface area contributed by atoms with Crippen molar-refractivity contribution in [2.24, 2.45) is 11.8 Å². The standard InChI is InChI=1S/C13H20N4O/c1-9-4-3-7-17(10(9)2)13(18)11-8-15-6-5-12(11)16-14/h5-6,8-10H,3-4,7,14H2,1-2H3,(H,15,16). The molecule has 1 aromatic rings. The third-order valence-electron chi connectivity index (χ3n) is 3.84. The summed E-state index contributed by atoms with van der Waals surface area (Å²) in [6, 6.07) is 1.97. The Hall–Kier alpha value is -1.62. The van der Waals surface area contributed by atoms with Gasteiger partial charge in [0.15, 0.2) is 0 Å². The smallest absolute Gasteiger partial charge is 0.257 e. The maximum atomic E-state index is 12.5. The van der Waals surface area contributed by atoms with Crippen molar-refractivity contribution in [1.82, 2.24) is 9.88 Å². The number of anilines is 1. The molecule has 0 saturated carbocycles. The number of hydrazine groups is 1. The molecule has 1 saturated heterocycles. The average molecular weight is 248 g/mol. The van der Waals surface area contributed by atoms with Crippen molar-refractivity contribution in [3.63, 3.8) is 0 Å². The van der Waals surface area contributed by atoms with Crippen LogP contribution in [0.1, 0.15) is 37.0 Å². The molecule has 0 aromatic carbocycles. The summed E-state index contributed by atoms with van der Waals surface area (Å²) in [5.74, 6) is 5.98. The van der Waals surface area contributed by atoms with Crippen LogP contribution in [-0.2, 0) is 0 Å². The Kier molecular flexibility index (Phi) is 3.81. The molecule has 3 N–H and O–H groups in total. The number of aromatic nitrogens is 1. The number of rotatable bonds is 2. The lowest BCUT2D eigenvalue weighted by atomic mass is 9.91. The second-order valence-corrected chi connectivity index (χ2v) is 4.92.